The molecule has 24 heavy (non-hydrogen) atoms. The molecule has 0 aliphatic carbocycles. The Morgan fingerprint density at radius 3 is 2.46 bits per heavy atom. The molecule has 0 bridgehead atoms. The second-order valence-corrected chi connectivity index (χ2v) is 6.33. The van der Waals surface area contributed by atoms with Crippen LogP contribution < -0.4 is 14.8 Å². The van der Waals surface area contributed by atoms with Gasteiger partial charge in [0.25, 0.3) is 0 Å². The van der Waals surface area contributed by atoms with Crippen LogP contribution in [0.25, 0.3) is 0 Å². The predicted molar refractivity (Wildman–Crippen MR) is 98.7 cm³/mol. The van der Waals surface area contributed by atoms with E-state index < -0.39 is 0 Å². The molecule has 0 aliphatic heterocycles. The molecule has 128 valence electrons. The number of carbonyl (C=O) groups is 1. The van der Waals surface area contributed by atoms with Crippen molar-refractivity contribution >= 4 is 27.5 Å². The molecule has 6 heteroatoms. The summed E-state index contributed by atoms with van der Waals surface area (Å²) in [7, 11) is 5.06. The van der Waals surface area contributed by atoms with E-state index in [0.29, 0.717) is 23.7 Å². The first-order valence-electron chi connectivity index (χ1n) is 7.46. The molecule has 2 rings (SSSR count). The average Bonchev–Trinajstić information content (AvgIpc) is 2.56. The number of likely N-dealkylation sites (N-methyl/N-ethyl adjacent to an activating group) is 1. The Labute approximate surface area is 150 Å². The zero-order valence-electron chi connectivity index (χ0n) is 14.0. The van der Waals surface area contributed by atoms with E-state index in [1.165, 1.54) is 0 Å². The van der Waals surface area contributed by atoms with Gasteiger partial charge in [-0.3, -0.25) is 9.69 Å². The number of benzene rings is 2. The van der Waals surface area contributed by atoms with Gasteiger partial charge >= 0.3 is 0 Å². The summed E-state index contributed by atoms with van der Waals surface area (Å²) in [6, 6.07) is 13.3. The summed E-state index contributed by atoms with van der Waals surface area (Å²) in [5.74, 6) is 1.15. The molecule has 5 nitrogen and oxygen atoms in total. The molecule has 2 aromatic carbocycles. The van der Waals surface area contributed by atoms with Gasteiger partial charge in [0.05, 0.1) is 26.5 Å². The molecule has 1 N–H and O–H groups in total. The summed E-state index contributed by atoms with van der Waals surface area (Å²) in [5.41, 5.74) is 1.74. The smallest absolute Gasteiger partial charge is 0.238 e. The number of hydrogen-bond acceptors (Lipinski definition) is 4. The average molecular weight is 393 g/mol. The number of methoxy groups -OCH3 is 2. The number of rotatable bonds is 7. The standard InChI is InChI=1S/C18H21BrN2O3/c1-21(11-13-4-6-14(19)7-5-13)12-18(22)20-16-10-15(23-2)8-9-17(16)24-3/h4-10H,11-12H2,1-3H3,(H,20,22). The number of ether oxygens (including phenoxy) is 2. The monoisotopic (exact) mass is 392 g/mol. The number of nitrogens with one attached hydrogen (secondary N) is 1. The van der Waals surface area contributed by atoms with E-state index in [4.69, 9.17) is 9.47 Å². The lowest BCUT2D eigenvalue weighted by Gasteiger charge is -2.17. The highest BCUT2D eigenvalue weighted by atomic mass is 79.9. The molecule has 0 radical (unpaired) electrons. The Morgan fingerprint density at radius 1 is 1.12 bits per heavy atom. The number of hydrogen-bond donors (Lipinski definition) is 1. The molecule has 0 aliphatic rings. The maximum absolute atomic E-state index is 12.3. The maximum atomic E-state index is 12.3. The Bertz CT molecular complexity index is 689. The SMILES string of the molecule is COc1ccc(OC)c(NC(=O)CN(C)Cc2ccc(Br)cc2)c1. The predicted octanol–water partition coefficient (Wildman–Crippen LogP) is 3.54. The number of anilines is 1. The quantitative estimate of drug-likeness (QED) is 0.782. The zero-order chi connectivity index (χ0) is 17.5. The van der Waals surface area contributed by atoms with Gasteiger partial charge in [-0.25, -0.2) is 0 Å². The molecule has 0 fully saturated rings. The van der Waals surface area contributed by atoms with Gasteiger partial charge in [-0.15, -0.1) is 0 Å². The van der Waals surface area contributed by atoms with E-state index in [9.17, 15) is 4.79 Å². The van der Waals surface area contributed by atoms with Crippen LogP contribution in [0.1, 0.15) is 5.56 Å². The first kappa shape index (κ1) is 18.3. The van der Waals surface area contributed by atoms with E-state index in [1.54, 1.807) is 32.4 Å². The summed E-state index contributed by atoms with van der Waals surface area (Å²) in [4.78, 5) is 14.2. The number of halogens is 1. The minimum atomic E-state index is -0.110. The third-order valence-corrected chi connectivity index (χ3v) is 3.99. The molecular formula is C18H21BrN2O3. The van der Waals surface area contributed by atoms with Gasteiger partial charge in [-0.05, 0) is 36.9 Å². The Balaban J connectivity index is 1.96. The third kappa shape index (κ3) is 5.25. The van der Waals surface area contributed by atoms with E-state index in [2.05, 4.69) is 21.2 Å². The highest BCUT2D eigenvalue weighted by molar-refractivity contribution is 9.10. The zero-order valence-corrected chi connectivity index (χ0v) is 15.6. The second-order valence-electron chi connectivity index (χ2n) is 5.41. The fourth-order valence-electron chi connectivity index (χ4n) is 2.30. The van der Waals surface area contributed by atoms with Crippen LogP contribution in [0.3, 0.4) is 0 Å². The van der Waals surface area contributed by atoms with Crippen molar-refractivity contribution in [3.63, 3.8) is 0 Å². The molecule has 2 aromatic rings. The molecule has 0 heterocycles. The third-order valence-electron chi connectivity index (χ3n) is 3.46. The van der Waals surface area contributed by atoms with E-state index in [0.717, 1.165) is 10.0 Å². The summed E-state index contributed by atoms with van der Waals surface area (Å²) in [6.07, 6.45) is 0. The van der Waals surface area contributed by atoms with Gasteiger partial charge in [-0.1, -0.05) is 28.1 Å². The topological polar surface area (TPSA) is 50.8 Å². The van der Waals surface area contributed by atoms with Crippen LogP contribution in [0.2, 0.25) is 0 Å². The van der Waals surface area contributed by atoms with Crippen molar-refractivity contribution in [3.8, 4) is 11.5 Å². The van der Waals surface area contributed by atoms with Gasteiger partial charge in [-0.2, -0.15) is 0 Å². The van der Waals surface area contributed by atoms with Gasteiger partial charge < -0.3 is 14.8 Å². The molecule has 1 amide bonds. The van der Waals surface area contributed by atoms with E-state index in [1.807, 2.05) is 36.2 Å². The van der Waals surface area contributed by atoms with E-state index in [-0.39, 0.29) is 12.5 Å². The fourth-order valence-corrected chi connectivity index (χ4v) is 2.57. The van der Waals surface area contributed by atoms with Gasteiger partial charge in [0, 0.05) is 17.1 Å². The first-order chi connectivity index (χ1) is 11.5. The Morgan fingerprint density at radius 2 is 1.83 bits per heavy atom. The number of amides is 1. The van der Waals surface area contributed by atoms with Gasteiger partial charge in [0.2, 0.25) is 5.91 Å². The number of nitrogens with zero attached hydrogens (tertiary/aromatic N) is 1. The molecule has 0 spiro atoms. The van der Waals surface area contributed by atoms with Crippen LogP contribution >= 0.6 is 15.9 Å². The molecule has 0 atom stereocenters. The van der Waals surface area contributed by atoms with E-state index >= 15 is 0 Å². The minimum Gasteiger partial charge on any atom is -0.497 e. The van der Waals surface area contributed by atoms with Crippen LogP contribution in [0.4, 0.5) is 5.69 Å². The highest BCUT2D eigenvalue weighted by Crippen LogP contribution is 2.28. The van der Waals surface area contributed by atoms with Crippen molar-refractivity contribution in [2.45, 2.75) is 6.54 Å². The molecule has 0 saturated heterocycles. The fraction of sp³-hybridized carbons (Fsp3) is 0.278. The van der Waals surface area contributed by atoms with Crippen molar-refractivity contribution in [3.05, 3.63) is 52.5 Å². The lowest BCUT2D eigenvalue weighted by atomic mass is 10.2. The lowest BCUT2D eigenvalue weighted by Crippen LogP contribution is -2.29. The molecule has 0 saturated carbocycles. The maximum Gasteiger partial charge on any atom is 0.238 e. The van der Waals surface area contributed by atoms with Crippen molar-refractivity contribution in [2.24, 2.45) is 0 Å². The summed E-state index contributed by atoms with van der Waals surface area (Å²) >= 11 is 3.41. The largest absolute Gasteiger partial charge is 0.497 e. The lowest BCUT2D eigenvalue weighted by molar-refractivity contribution is -0.117. The first-order valence-corrected chi connectivity index (χ1v) is 8.26. The van der Waals surface area contributed by atoms with Gasteiger partial charge in [0.15, 0.2) is 0 Å². The van der Waals surface area contributed by atoms with Crippen LogP contribution in [-0.4, -0.2) is 38.6 Å². The minimum absolute atomic E-state index is 0.110. The van der Waals surface area contributed by atoms with Crippen LogP contribution in [-0.2, 0) is 11.3 Å². The molecular weight excluding hydrogens is 372 g/mol. The molecule has 0 aromatic heterocycles. The van der Waals surface area contributed by atoms with Crippen LogP contribution in [0.5, 0.6) is 11.5 Å². The van der Waals surface area contributed by atoms with Crippen LogP contribution in [0.15, 0.2) is 46.9 Å². The summed E-state index contributed by atoms with van der Waals surface area (Å²) < 4.78 is 11.5. The normalized spacial score (nSPS) is 10.5. The summed E-state index contributed by atoms with van der Waals surface area (Å²) in [6.45, 7) is 0.965. The Hall–Kier alpha value is -2.05. The van der Waals surface area contributed by atoms with Crippen molar-refractivity contribution in [1.82, 2.24) is 4.90 Å². The van der Waals surface area contributed by atoms with Crippen LogP contribution in [0, 0.1) is 0 Å². The highest BCUT2D eigenvalue weighted by Gasteiger charge is 2.11. The molecule has 0 unspecified atom stereocenters. The van der Waals surface area contributed by atoms with Crippen molar-refractivity contribution in [1.29, 1.82) is 0 Å². The van der Waals surface area contributed by atoms with Crippen molar-refractivity contribution in [2.75, 3.05) is 33.1 Å². The number of carbonyl (C=O) groups excluding carboxylic acids is 1. The van der Waals surface area contributed by atoms with Crippen molar-refractivity contribution < 1.29 is 14.3 Å². The Kier molecular flexibility index (Phi) is 6.63. The van der Waals surface area contributed by atoms with Gasteiger partial charge in [0.1, 0.15) is 11.5 Å². The second kappa shape index (κ2) is 8.70. The summed E-state index contributed by atoms with van der Waals surface area (Å²) in [5, 5.41) is 2.87.